The van der Waals surface area contributed by atoms with E-state index < -0.39 is 30.1 Å². The van der Waals surface area contributed by atoms with E-state index in [1.54, 1.807) is 18.2 Å². The van der Waals surface area contributed by atoms with Gasteiger partial charge in [0.25, 0.3) is 0 Å². The minimum absolute atomic E-state index is 0.0383. The Bertz CT molecular complexity index is 974. The van der Waals surface area contributed by atoms with Gasteiger partial charge in [-0.1, -0.05) is 13.8 Å². The molecule has 0 bridgehead atoms. The van der Waals surface area contributed by atoms with Crippen molar-refractivity contribution in [3.05, 3.63) is 11.6 Å². The Morgan fingerprint density at radius 3 is 2.50 bits per heavy atom. The SMILES string of the molecule is CON(C1OC[C@H](O)[C@H](O)[C@H]1O)[C@@H]1CC[C@@]2(C)C(CCC3C2CC[C@]2(C)[C@@H](C4=CC(=O)OC4)CC[C@]32O)C1. The van der Waals surface area contributed by atoms with Crippen molar-refractivity contribution in [2.45, 2.75) is 108 Å². The molecule has 2 aliphatic heterocycles. The number of hydrogen-bond acceptors (Lipinski definition) is 9. The van der Waals surface area contributed by atoms with E-state index in [0.717, 1.165) is 63.4 Å². The first kappa shape index (κ1) is 27.1. The minimum Gasteiger partial charge on any atom is -0.458 e. The second kappa shape index (κ2) is 9.50. The minimum atomic E-state index is -1.27. The van der Waals surface area contributed by atoms with Gasteiger partial charge in [0.2, 0.25) is 0 Å². The number of rotatable bonds is 4. The fourth-order valence-corrected chi connectivity index (χ4v) is 10.1. The molecular formula is C29H45NO8. The van der Waals surface area contributed by atoms with Gasteiger partial charge in [-0.05, 0) is 92.4 Å². The molecule has 9 heteroatoms. The molecule has 4 unspecified atom stereocenters. The lowest BCUT2D eigenvalue weighted by Crippen LogP contribution is -2.64. The first-order valence-electron chi connectivity index (χ1n) is 14.6. The maximum Gasteiger partial charge on any atom is 0.331 e. The summed E-state index contributed by atoms with van der Waals surface area (Å²) < 4.78 is 11.0. The number of hydrogen-bond donors (Lipinski definition) is 4. The van der Waals surface area contributed by atoms with Gasteiger partial charge in [-0.3, -0.25) is 4.84 Å². The predicted molar refractivity (Wildman–Crippen MR) is 136 cm³/mol. The highest BCUT2D eigenvalue weighted by Gasteiger charge is 2.68. The summed E-state index contributed by atoms with van der Waals surface area (Å²) in [5, 5.41) is 44.9. The van der Waals surface area contributed by atoms with Crippen molar-refractivity contribution in [3.63, 3.8) is 0 Å². The third-order valence-corrected chi connectivity index (χ3v) is 12.3. The molecule has 0 aromatic heterocycles. The molecule has 0 amide bonds. The van der Waals surface area contributed by atoms with E-state index in [9.17, 15) is 25.2 Å². The molecule has 6 rings (SSSR count). The van der Waals surface area contributed by atoms with Crippen molar-refractivity contribution in [1.82, 2.24) is 5.06 Å². The molecule has 214 valence electrons. The van der Waals surface area contributed by atoms with Crippen LogP contribution in [0.3, 0.4) is 0 Å². The number of aliphatic hydroxyl groups excluding tert-OH is 3. The Hall–Kier alpha value is -1.07. The fourth-order valence-electron chi connectivity index (χ4n) is 10.1. The standard InChI is InChI=1S/C29H45NO8/c1-27-9-6-18(30(36-3)26-25(34)24(33)22(31)15-38-26)13-17(27)4-5-21-20(27)7-10-28(2)19(8-11-29(21,28)35)16-12-23(32)37-14-16/h12,17-22,24-26,31,33-35H,4-11,13-15H2,1-3H3/t17?,18-,19-,20?,21?,22+,24+,25-,26?,27+,28-,29+/m1/s1. The fraction of sp³-hybridized carbons (Fsp3) is 0.897. The number of nitrogens with zero attached hydrogens (tertiary/aromatic N) is 1. The van der Waals surface area contributed by atoms with Crippen LogP contribution in [0.4, 0.5) is 0 Å². The van der Waals surface area contributed by atoms with E-state index in [1.165, 1.54) is 0 Å². The van der Waals surface area contributed by atoms with Gasteiger partial charge in [0.05, 0.1) is 19.3 Å². The van der Waals surface area contributed by atoms with Crippen LogP contribution >= 0.6 is 0 Å². The molecule has 5 fully saturated rings. The van der Waals surface area contributed by atoms with Gasteiger partial charge in [0.1, 0.15) is 24.9 Å². The monoisotopic (exact) mass is 535 g/mol. The Morgan fingerprint density at radius 1 is 1.00 bits per heavy atom. The zero-order valence-electron chi connectivity index (χ0n) is 22.9. The van der Waals surface area contributed by atoms with Gasteiger partial charge >= 0.3 is 5.97 Å². The molecule has 4 saturated carbocycles. The smallest absolute Gasteiger partial charge is 0.331 e. The molecule has 0 radical (unpaired) electrons. The molecule has 2 heterocycles. The van der Waals surface area contributed by atoms with Crippen molar-refractivity contribution >= 4 is 5.97 Å². The summed E-state index contributed by atoms with van der Waals surface area (Å²) in [5.41, 5.74) is 0.215. The van der Waals surface area contributed by atoms with Crippen LogP contribution in [0.1, 0.15) is 71.6 Å². The number of ether oxygens (including phenoxy) is 2. The lowest BCUT2D eigenvalue weighted by Gasteiger charge is -2.64. The van der Waals surface area contributed by atoms with Crippen LogP contribution in [0, 0.1) is 34.5 Å². The van der Waals surface area contributed by atoms with Gasteiger partial charge in [-0.15, -0.1) is 0 Å². The van der Waals surface area contributed by atoms with Gasteiger partial charge in [0.15, 0.2) is 6.23 Å². The number of cyclic esters (lactones) is 1. The number of aliphatic hydroxyl groups is 4. The molecule has 6 aliphatic rings. The number of carbonyl (C=O) groups is 1. The maximum atomic E-state index is 12.4. The Morgan fingerprint density at radius 2 is 1.79 bits per heavy atom. The number of fused-ring (bicyclic) bond motifs is 5. The lowest BCUT2D eigenvalue weighted by molar-refractivity contribution is -0.326. The molecule has 0 aromatic carbocycles. The van der Waals surface area contributed by atoms with Crippen LogP contribution in [0.15, 0.2) is 11.6 Å². The summed E-state index contributed by atoms with van der Waals surface area (Å²) in [6, 6.07) is 0.0383. The summed E-state index contributed by atoms with van der Waals surface area (Å²) in [7, 11) is 1.57. The van der Waals surface area contributed by atoms with Crippen LogP contribution in [-0.2, 0) is 19.1 Å². The van der Waals surface area contributed by atoms with Crippen molar-refractivity contribution in [3.8, 4) is 0 Å². The molecule has 9 nitrogen and oxygen atoms in total. The summed E-state index contributed by atoms with van der Waals surface area (Å²) in [6.07, 6.45) is 5.76. The molecule has 0 spiro atoms. The van der Waals surface area contributed by atoms with Gasteiger partial charge in [-0.25, -0.2) is 4.79 Å². The third kappa shape index (κ3) is 3.80. The van der Waals surface area contributed by atoms with Crippen LogP contribution in [0.5, 0.6) is 0 Å². The van der Waals surface area contributed by atoms with Crippen LogP contribution < -0.4 is 0 Å². The quantitative estimate of drug-likeness (QED) is 0.315. The second-order valence-electron chi connectivity index (χ2n) is 13.5. The summed E-state index contributed by atoms with van der Waals surface area (Å²) in [6.45, 7) is 5.01. The average Bonchev–Trinajstić information content (AvgIpc) is 3.44. The normalized spacial score (nSPS) is 52.7. The largest absolute Gasteiger partial charge is 0.458 e. The number of hydroxylamine groups is 2. The van der Waals surface area contributed by atoms with Crippen molar-refractivity contribution in [1.29, 1.82) is 0 Å². The van der Waals surface area contributed by atoms with E-state index in [4.69, 9.17) is 14.3 Å². The van der Waals surface area contributed by atoms with Gasteiger partial charge in [0, 0.05) is 17.5 Å². The lowest BCUT2D eigenvalue weighted by atomic mass is 9.43. The molecule has 38 heavy (non-hydrogen) atoms. The van der Waals surface area contributed by atoms with E-state index in [0.29, 0.717) is 18.4 Å². The van der Waals surface area contributed by atoms with Gasteiger partial charge in [-0.2, -0.15) is 5.06 Å². The van der Waals surface area contributed by atoms with Crippen molar-refractivity contribution < 1.29 is 39.5 Å². The Kier molecular flexibility index (Phi) is 6.78. The highest BCUT2D eigenvalue weighted by molar-refractivity contribution is 5.85. The first-order valence-corrected chi connectivity index (χ1v) is 14.6. The summed E-state index contributed by atoms with van der Waals surface area (Å²) in [4.78, 5) is 17.5. The van der Waals surface area contributed by atoms with E-state index >= 15 is 0 Å². The zero-order chi connectivity index (χ0) is 27.0. The highest BCUT2D eigenvalue weighted by atomic mass is 16.7. The molecule has 1 saturated heterocycles. The van der Waals surface area contributed by atoms with E-state index in [-0.39, 0.29) is 41.3 Å². The topological polar surface area (TPSA) is 129 Å². The average molecular weight is 536 g/mol. The van der Waals surface area contributed by atoms with Crippen LogP contribution in [-0.4, -0.2) is 88.0 Å². The Labute approximate surface area is 225 Å². The predicted octanol–water partition coefficient (Wildman–Crippen LogP) is 1.91. The van der Waals surface area contributed by atoms with E-state index in [1.807, 2.05) is 0 Å². The number of carbonyl (C=O) groups excluding carboxylic acids is 1. The first-order chi connectivity index (χ1) is 18.0. The van der Waals surface area contributed by atoms with Gasteiger partial charge < -0.3 is 29.9 Å². The Balaban J connectivity index is 1.19. The van der Waals surface area contributed by atoms with Crippen molar-refractivity contribution in [2.24, 2.45) is 34.5 Å². The number of esters is 1. The molecule has 4 N–H and O–H groups in total. The van der Waals surface area contributed by atoms with Crippen LogP contribution in [0.25, 0.3) is 0 Å². The highest BCUT2D eigenvalue weighted by Crippen LogP contribution is 2.70. The van der Waals surface area contributed by atoms with E-state index in [2.05, 4.69) is 13.8 Å². The third-order valence-electron chi connectivity index (χ3n) is 12.3. The molecule has 4 aliphatic carbocycles. The molecular weight excluding hydrogens is 490 g/mol. The zero-order valence-corrected chi connectivity index (χ0v) is 22.9. The molecule has 0 aromatic rings. The van der Waals surface area contributed by atoms with Crippen molar-refractivity contribution in [2.75, 3.05) is 20.3 Å². The second-order valence-corrected chi connectivity index (χ2v) is 13.5. The molecule has 12 atom stereocenters. The summed E-state index contributed by atoms with van der Waals surface area (Å²) in [5.74, 6) is 1.11. The van der Waals surface area contributed by atoms with Crippen LogP contribution in [0.2, 0.25) is 0 Å². The maximum absolute atomic E-state index is 12.4. The summed E-state index contributed by atoms with van der Waals surface area (Å²) >= 11 is 0.